The van der Waals surface area contributed by atoms with Gasteiger partial charge in [0.25, 0.3) is 0 Å². The van der Waals surface area contributed by atoms with Crippen LogP contribution in [0.5, 0.6) is 0 Å². The van der Waals surface area contributed by atoms with Crippen LogP contribution < -0.4 is 0 Å². The van der Waals surface area contributed by atoms with E-state index in [-0.39, 0.29) is 52.9 Å². The minimum Gasteiger partial charge on any atom is -0.374 e. The third-order valence-electron chi connectivity index (χ3n) is 13.9. The Morgan fingerprint density at radius 1 is 0.228 bits per heavy atom. The Hall–Kier alpha value is -6.68. The van der Waals surface area contributed by atoms with Gasteiger partial charge in [-0.1, -0.05) is 243 Å². The van der Waals surface area contributed by atoms with E-state index < -0.39 is 61.4 Å². The van der Waals surface area contributed by atoms with Crippen molar-refractivity contribution in [3.8, 4) is 0 Å². The highest BCUT2D eigenvalue weighted by molar-refractivity contribution is 5.20. The Bertz CT molecular complexity index is 2690. The van der Waals surface area contributed by atoms with E-state index in [0.29, 0.717) is 13.2 Å². The molecular formula is C68H70O11. The van der Waals surface area contributed by atoms with Gasteiger partial charge in [-0.15, -0.1) is 0 Å². The monoisotopic (exact) mass is 1060 g/mol. The molecule has 0 bridgehead atoms. The molecule has 11 heteroatoms. The van der Waals surface area contributed by atoms with Crippen LogP contribution in [-0.4, -0.2) is 74.6 Å². The molecule has 0 N–H and O–H groups in total. The molecule has 408 valence electrons. The first-order valence-corrected chi connectivity index (χ1v) is 27.3. The topological polar surface area (TPSA) is 102 Å². The molecule has 0 aromatic heterocycles. The molecule has 10 rings (SSSR count). The van der Waals surface area contributed by atoms with Gasteiger partial charge in [0.05, 0.1) is 66.1 Å². The van der Waals surface area contributed by atoms with E-state index in [1.165, 1.54) is 0 Å². The summed E-state index contributed by atoms with van der Waals surface area (Å²) < 4.78 is 77.6. The van der Waals surface area contributed by atoms with Gasteiger partial charge in [0.1, 0.15) is 48.8 Å². The molecule has 2 heterocycles. The Labute approximate surface area is 464 Å². The zero-order chi connectivity index (χ0) is 53.5. The summed E-state index contributed by atoms with van der Waals surface area (Å²) in [7, 11) is 0. The Kier molecular flexibility index (Phi) is 21.2. The highest BCUT2D eigenvalue weighted by atomic mass is 16.8. The van der Waals surface area contributed by atoms with Gasteiger partial charge in [-0.05, 0) is 44.5 Å². The van der Waals surface area contributed by atoms with Crippen molar-refractivity contribution >= 4 is 0 Å². The van der Waals surface area contributed by atoms with E-state index in [4.69, 9.17) is 52.1 Å². The second-order valence-corrected chi connectivity index (χ2v) is 19.8. The fourth-order valence-electron chi connectivity index (χ4n) is 9.85. The van der Waals surface area contributed by atoms with Crippen LogP contribution in [0.15, 0.2) is 243 Å². The summed E-state index contributed by atoms with van der Waals surface area (Å²) in [6.45, 7) is 2.47. The number of benzene rings is 8. The summed E-state index contributed by atoms with van der Waals surface area (Å²) in [5.41, 5.74) is 7.91. The van der Waals surface area contributed by atoms with Crippen molar-refractivity contribution in [3.05, 3.63) is 287 Å². The molecule has 11 nitrogen and oxygen atoms in total. The molecule has 0 saturated carbocycles. The predicted molar refractivity (Wildman–Crippen MR) is 301 cm³/mol. The predicted octanol–water partition coefficient (Wildman–Crippen LogP) is 12.4. The first-order valence-electron chi connectivity index (χ1n) is 27.3. The lowest BCUT2D eigenvalue weighted by atomic mass is 9.96. The van der Waals surface area contributed by atoms with Gasteiger partial charge in [0.2, 0.25) is 0 Å². The van der Waals surface area contributed by atoms with Crippen molar-refractivity contribution in [1.82, 2.24) is 0 Å². The van der Waals surface area contributed by atoms with Crippen LogP contribution in [0.2, 0.25) is 0 Å². The maximum absolute atomic E-state index is 7.43. The third-order valence-corrected chi connectivity index (χ3v) is 13.9. The van der Waals surface area contributed by atoms with Gasteiger partial charge < -0.3 is 52.1 Å². The summed E-state index contributed by atoms with van der Waals surface area (Å²) in [5.74, 6) is 0. The molecule has 8 aromatic carbocycles. The van der Waals surface area contributed by atoms with Crippen LogP contribution in [0.1, 0.15) is 44.5 Å². The summed E-state index contributed by atoms with van der Waals surface area (Å²) in [6, 6.07) is 80.6. The van der Waals surface area contributed by atoms with Crippen molar-refractivity contribution in [2.24, 2.45) is 0 Å². The fourth-order valence-corrected chi connectivity index (χ4v) is 9.85. The molecule has 0 spiro atoms. The number of ether oxygens (including phenoxy) is 11. The normalized spacial score (nSPS) is 23.0. The van der Waals surface area contributed by atoms with E-state index in [0.717, 1.165) is 44.5 Å². The number of rotatable bonds is 28. The van der Waals surface area contributed by atoms with Crippen molar-refractivity contribution in [1.29, 1.82) is 0 Å². The molecule has 0 aliphatic carbocycles. The maximum atomic E-state index is 7.43. The van der Waals surface area contributed by atoms with Crippen LogP contribution in [-0.2, 0) is 105 Å². The summed E-state index contributed by atoms with van der Waals surface area (Å²) in [4.78, 5) is 0. The highest BCUT2D eigenvalue weighted by Gasteiger charge is 2.54. The minimum atomic E-state index is -1.14. The van der Waals surface area contributed by atoms with Crippen LogP contribution in [0.4, 0.5) is 0 Å². The summed E-state index contributed by atoms with van der Waals surface area (Å²) >= 11 is 0. The highest BCUT2D eigenvalue weighted by Crippen LogP contribution is 2.37. The molecule has 2 saturated heterocycles. The van der Waals surface area contributed by atoms with Crippen molar-refractivity contribution < 1.29 is 52.1 Å². The van der Waals surface area contributed by atoms with Crippen LogP contribution in [0, 0.1) is 0 Å². The van der Waals surface area contributed by atoms with Crippen molar-refractivity contribution in [2.75, 3.05) is 13.2 Å². The largest absolute Gasteiger partial charge is 0.374 e. The van der Waals surface area contributed by atoms with E-state index in [1.54, 1.807) is 0 Å². The molecule has 2 aliphatic heterocycles. The fraction of sp³-hybridized carbons (Fsp3) is 0.294. The zero-order valence-electron chi connectivity index (χ0n) is 44.4. The summed E-state index contributed by atoms with van der Waals surface area (Å²) in [6.07, 6.45) is -8.43. The van der Waals surface area contributed by atoms with Crippen LogP contribution in [0.25, 0.3) is 0 Å². The van der Waals surface area contributed by atoms with Gasteiger partial charge in [-0.25, -0.2) is 0 Å². The lowest BCUT2D eigenvalue weighted by Crippen LogP contribution is -2.66. The second kappa shape index (κ2) is 30.1. The Morgan fingerprint density at radius 2 is 0.430 bits per heavy atom. The molecular weight excluding hydrogens is 993 g/mol. The van der Waals surface area contributed by atoms with Crippen molar-refractivity contribution in [3.63, 3.8) is 0 Å². The van der Waals surface area contributed by atoms with Gasteiger partial charge >= 0.3 is 0 Å². The lowest BCUT2D eigenvalue weighted by molar-refractivity contribution is -0.394. The quantitative estimate of drug-likeness (QED) is 0.0469. The van der Waals surface area contributed by atoms with Crippen LogP contribution in [0.3, 0.4) is 0 Å². The molecule has 8 aromatic rings. The molecule has 2 aliphatic rings. The molecule has 79 heavy (non-hydrogen) atoms. The lowest BCUT2D eigenvalue weighted by Gasteiger charge is -2.49. The SMILES string of the molecule is c1ccc(COC[C@H]2OC(OC3O[C@H](COCc4ccccc4)[C@H](OCc4ccccc4)[C@H](OCc4ccccc4)[C@H]3OCc3ccccc3)[C@H](OCc3ccccc3)[C@@H](OCc3ccccc3)[C@H]2OCc2ccccc2)cc1. The summed E-state index contributed by atoms with van der Waals surface area (Å²) in [5, 5.41) is 0. The smallest absolute Gasteiger partial charge is 0.190 e. The minimum absolute atomic E-state index is 0.137. The second-order valence-electron chi connectivity index (χ2n) is 19.8. The van der Waals surface area contributed by atoms with Crippen molar-refractivity contribution in [2.45, 2.75) is 114 Å². The third kappa shape index (κ3) is 16.7. The molecule has 0 radical (unpaired) electrons. The first-order chi connectivity index (χ1) is 39.2. The average Bonchev–Trinajstić information content (AvgIpc) is 3.56. The van der Waals surface area contributed by atoms with E-state index in [1.807, 2.05) is 243 Å². The number of hydrogen-bond acceptors (Lipinski definition) is 11. The maximum Gasteiger partial charge on any atom is 0.190 e. The van der Waals surface area contributed by atoms with Gasteiger partial charge in [0.15, 0.2) is 12.6 Å². The van der Waals surface area contributed by atoms with Gasteiger partial charge in [0, 0.05) is 0 Å². The van der Waals surface area contributed by atoms with Gasteiger partial charge in [-0.2, -0.15) is 0 Å². The molecule has 2 fully saturated rings. The first kappa shape index (κ1) is 55.6. The van der Waals surface area contributed by atoms with Gasteiger partial charge in [-0.3, -0.25) is 0 Å². The molecule has 2 unspecified atom stereocenters. The van der Waals surface area contributed by atoms with E-state index in [2.05, 4.69) is 0 Å². The van der Waals surface area contributed by atoms with E-state index in [9.17, 15) is 0 Å². The zero-order valence-corrected chi connectivity index (χ0v) is 44.4. The van der Waals surface area contributed by atoms with Crippen LogP contribution >= 0.6 is 0 Å². The molecule has 10 atom stereocenters. The van der Waals surface area contributed by atoms with E-state index >= 15 is 0 Å². The Morgan fingerprint density at radius 3 is 0.671 bits per heavy atom. The standard InChI is InChI=1S/C68H70O11/c1-9-25-51(26-10-1)41-69-49-59-61(71-43-53-29-13-3-14-30-53)63(73-45-55-33-17-5-18-34-55)65(75-47-57-37-21-7-22-38-57)67(77-59)79-68-66(76-48-58-39-23-8-24-40-58)64(74-46-56-35-19-6-20-36-56)62(72-44-54-31-15-4-16-32-54)60(78-68)50-70-42-52-27-11-2-12-28-52/h1-40,59-68H,41-50H2/t59-,60-,61+,62+,63+,64+,65-,66-,67?,68?/m1/s1. The Balaban J connectivity index is 1.04. The average molecular weight is 1060 g/mol. The molecule has 0 amide bonds. The number of hydrogen-bond donors (Lipinski definition) is 0.